The van der Waals surface area contributed by atoms with Crippen molar-refractivity contribution in [1.82, 2.24) is 0 Å². The Labute approximate surface area is 114 Å². The third kappa shape index (κ3) is 3.96. The molecule has 1 fully saturated rings. The van der Waals surface area contributed by atoms with E-state index in [0.29, 0.717) is 19.6 Å². The van der Waals surface area contributed by atoms with Crippen molar-refractivity contribution in [3.63, 3.8) is 0 Å². The lowest BCUT2D eigenvalue weighted by atomic mass is 10.1. The summed E-state index contributed by atoms with van der Waals surface area (Å²) >= 11 is 16.8. The van der Waals surface area contributed by atoms with Crippen LogP contribution in [-0.2, 0) is 14.3 Å². The van der Waals surface area contributed by atoms with Crippen LogP contribution in [0.15, 0.2) is 0 Å². The summed E-state index contributed by atoms with van der Waals surface area (Å²) in [6.07, 6.45) is 0.290. The number of carboxylic acids is 1. The van der Waals surface area contributed by atoms with Crippen molar-refractivity contribution in [2.75, 3.05) is 26.3 Å². The normalized spacial score (nSPS) is 21.8. The Balaban J connectivity index is 2.94. The standard InChI is InChI=1S/C9H12Cl3NO4/c10-9(11,12)5-7(8(15)16)13(6-14)1-3-17-4-2-13/h6-7H,1-5H2. The van der Waals surface area contributed by atoms with E-state index in [2.05, 4.69) is 0 Å². The second-order valence-electron chi connectivity index (χ2n) is 3.92. The Morgan fingerprint density at radius 2 is 1.94 bits per heavy atom. The molecule has 0 radical (unpaired) electrons. The largest absolute Gasteiger partial charge is 0.544 e. The highest BCUT2D eigenvalue weighted by molar-refractivity contribution is 6.67. The summed E-state index contributed by atoms with van der Waals surface area (Å²) in [6.45, 7) is 1.07. The summed E-state index contributed by atoms with van der Waals surface area (Å²) in [5.41, 5.74) is 0. The minimum absolute atomic E-state index is 0.239. The molecule has 1 unspecified atom stereocenters. The molecular formula is C9H12Cl3NO4. The summed E-state index contributed by atoms with van der Waals surface area (Å²) in [6, 6.07) is -1.18. The van der Waals surface area contributed by atoms with Crippen LogP contribution in [0.3, 0.4) is 0 Å². The molecule has 1 atom stereocenters. The summed E-state index contributed by atoms with van der Waals surface area (Å²) < 4.78 is 3.04. The van der Waals surface area contributed by atoms with Crippen molar-refractivity contribution < 1.29 is 23.9 Å². The van der Waals surface area contributed by atoms with Crippen LogP contribution in [0.2, 0.25) is 0 Å². The quantitative estimate of drug-likeness (QED) is 0.412. The maximum Gasteiger partial charge on any atom is 0.302 e. The fourth-order valence-corrected chi connectivity index (χ4v) is 2.31. The molecule has 0 aromatic carbocycles. The number of morpholine rings is 1. The molecule has 1 heterocycles. The first-order valence-corrected chi connectivity index (χ1v) is 6.12. The number of rotatable bonds is 4. The molecule has 0 bridgehead atoms. The molecule has 1 rings (SSSR count). The number of hydrogen-bond donors (Lipinski definition) is 0. The highest BCUT2D eigenvalue weighted by atomic mass is 35.6. The summed E-state index contributed by atoms with van der Waals surface area (Å²) in [5.74, 6) is -1.40. The van der Waals surface area contributed by atoms with Crippen LogP contribution >= 0.6 is 34.8 Å². The van der Waals surface area contributed by atoms with Crippen LogP contribution < -0.4 is 5.11 Å². The number of amides is 1. The maximum absolute atomic E-state index is 11.2. The number of ether oxygens (including phenoxy) is 1. The molecule has 0 aromatic heterocycles. The Kier molecular flexibility index (Phi) is 5.04. The third-order valence-corrected chi connectivity index (χ3v) is 3.29. The van der Waals surface area contributed by atoms with Crippen molar-refractivity contribution in [2.24, 2.45) is 0 Å². The van der Waals surface area contributed by atoms with Crippen LogP contribution in [0.5, 0.6) is 0 Å². The van der Waals surface area contributed by atoms with E-state index in [1.165, 1.54) is 0 Å². The predicted octanol–water partition coefficient (Wildman–Crippen LogP) is -0.131. The molecule has 0 aromatic rings. The van der Waals surface area contributed by atoms with Crippen LogP contribution in [0, 0.1) is 0 Å². The van der Waals surface area contributed by atoms with E-state index in [0.717, 1.165) is 0 Å². The Bertz CT molecular complexity index is 299. The molecule has 1 aliphatic heterocycles. The van der Waals surface area contributed by atoms with E-state index in [-0.39, 0.29) is 24.0 Å². The van der Waals surface area contributed by atoms with Gasteiger partial charge in [-0.2, -0.15) is 0 Å². The summed E-state index contributed by atoms with van der Waals surface area (Å²) in [5, 5.41) is 11.1. The zero-order chi connectivity index (χ0) is 13.1. The van der Waals surface area contributed by atoms with E-state index in [1.807, 2.05) is 0 Å². The van der Waals surface area contributed by atoms with Crippen LogP contribution in [0.1, 0.15) is 6.42 Å². The third-order valence-electron chi connectivity index (χ3n) is 2.83. The number of quaternary nitrogens is 1. The van der Waals surface area contributed by atoms with Gasteiger partial charge in [-0.1, -0.05) is 34.8 Å². The zero-order valence-electron chi connectivity index (χ0n) is 8.90. The number of carbonyl (C=O) groups is 2. The van der Waals surface area contributed by atoms with Gasteiger partial charge in [-0.25, -0.2) is 4.79 Å². The van der Waals surface area contributed by atoms with Gasteiger partial charge in [0.25, 0.3) is 0 Å². The Morgan fingerprint density at radius 1 is 1.41 bits per heavy atom. The highest BCUT2D eigenvalue weighted by Crippen LogP contribution is 2.34. The first kappa shape index (κ1) is 15.0. The van der Waals surface area contributed by atoms with Gasteiger partial charge in [-0.15, -0.1) is 0 Å². The van der Waals surface area contributed by atoms with E-state index in [4.69, 9.17) is 39.5 Å². The van der Waals surface area contributed by atoms with Crippen LogP contribution in [0.25, 0.3) is 0 Å². The number of aliphatic carboxylic acids is 1. The molecule has 5 nitrogen and oxygen atoms in total. The average Bonchev–Trinajstić information content (AvgIpc) is 2.25. The molecule has 0 N–H and O–H groups in total. The second kappa shape index (κ2) is 5.71. The monoisotopic (exact) mass is 303 g/mol. The van der Waals surface area contributed by atoms with E-state index >= 15 is 0 Å². The lowest BCUT2D eigenvalue weighted by molar-refractivity contribution is -0.873. The van der Waals surface area contributed by atoms with Gasteiger partial charge in [0.15, 0.2) is 3.79 Å². The Hall–Kier alpha value is -0.0700. The van der Waals surface area contributed by atoms with Gasteiger partial charge in [0.05, 0.1) is 25.6 Å². The maximum atomic E-state index is 11.2. The fourth-order valence-electron chi connectivity index (χ4n) is 1.87. The van der Waals surface area contributed by atoms with E-state index in [9.17, 15) is 14.7 Å². The van der Waals surface area contributed by atoms with Gasteiger partial charge in [0.1, 0.15) is 19.1 Å². The summed E-state index contributed by atoms with van der Waals surface area (Å²) in [7, 11) is 0. The van der Waals surface area contributed by atoms with Crippen molar-refractivity contribution in [2.45, 2.75) is 16.3 Å². The minimum Gasteiger partial charge on any atom is -0.544 e. The topological polar surface area (TPSA) is 66.4 Å². The van der Waals surface area contributed by atoms with Gasteiger partial charge >= 0.3 is 6.41 Å². The van der Waals surface area contributed by atoms with Crippen molar-refractivity contribution in [3.8, 4) is 0 Å². The number of halogens is 3. The van der Waals surface area contributed by atoms with Crippen LogP contribution in [-0.4, -0.2) is 53.0 Å². The second-order valence-corrected chi connectivity index (χ2v) is 6.44. The van der Waals surface area contributed by atoms with Crippen molar-refractivity contribution in [1.29, 1.82) is 0 Å². The molecule has 98 valence electrons. The molecule has 17 heavy (non-hydrogen) atoms. The fraction of sp³-hybridized carbons (Fsp3) is 0.778. The first-order chi connectivity index (χ1) is 7.81. The molecular weight excluding hydrogens is 292 g/mol. The molecule has 1 saturated heterocycles. The molecule has 0 spiro atoms. The molecule has 0 aliphatic carbocycles. The molecule has 1 amide bonds. The average molecular weight is 305 g/mol. The lowest BCUT2D eigenvalue weighted by Crippen LogP contribution is -2.65. The SMILES string of the molecule is O=C[N+]1(C(CC(Cl)(Cl)Cl)C(=O)[O-])CCOCC1. The van der Waals surface area contributed by atoms with Gasteiger partial charge in [-0.05, 0) is 0 Å². The predicted molar refractivity (Wildman–Crippen MR) is 60.6 cm³/mol. The zero-order valence-corrected chi connectivity index (χ0v) is 11.2. The van der Waals surface area contributed by atoms with Crippen LogP contribution in [0.4, 0.5) is 0 Å². The number of carbonyl (C=O) groups excluding carboxylic acids is 2. The van der Waals surface area contributed by atoms with Gasteiger partial charge in [0, 0.05) is 0 Å². The number of hydrogen-bond acceptors (Lipinski definition) is 4. The number of alkyl halides is 3. The van der Waals surface area contributed by atoms with E-state index in [1.54, 1.807) is 0 Å². The lowest BCUT2D eigenvalue weighted by Gasteiger charge is -2.42. The van der Waals surface area contributed by atoms with E-state index < -0.39 is 15.8 Å². The van der Waals surface area contributed by atoms with Crippen molar-refractivity contribution in [3.05, 3.63) is 0 Å². The smallest absolute Gasteiger partial charge is 0.302 e. The molecule has 0 saturated carbocycles. The first-order valence-electron chi connectivity index (χ1n) is 4.99. The number of nitrogens with zero attached hydrogens (tertiary/aromatic N) is 1. The molecule has 1 aliphatic rings. The highest BCUT2D eigenvalue weighted by Gasteiger charge is 2.43. The van der Waals surface area contributed by atoms with Gasteiger partial charge < -0.3 is 14.6 Å². The molecule has 8 heteroatoms. The Morgan fingerprint density at radius 3 is 2.29 bits per heavy atom. The number of carboxylic acid groups (broad SMARTS) is 1. The minimum atomic E-state index is -1.74. The summed E-state index contributed by atoms with van der Waals surface area (Å²) in [4.78, 5) is 22.3. The van der Waals surface area contributed by atoms with Gasteiger partial charge in [0.2, 0.25) is 0 Å². The van der Waals surface area contributed by atoms with Gasteiger partial charge in [-0.3, -0.25) is 4.48 Å². The van der Waals surface area contributed by atoms with Crippen molar-refractivity contribution >= 4 is 47.2 Å².